The van der Waals surface area contributed by atoms with E-state index in [2.05, 4.69) is 37.6 Å². The SMILES string of the molecule is NC(=O)c1cc(-c2ccc(CN3CCOCC3)cc2)nc2c(N[C@H]3CNC[C@@H](F)C3)ncnc12. The van der Waals surface area contributed by atoms with Gasteiger partial charge in [-0.05, 0) is 11.6 Å². The molecule has 2 aliphatic heterocycles. The molecule has 3 aromatic rings. The van der Waals surface area contributed by atoms with Crippen LogP contribution in [0.4, 0.5) is 10.2 Å². The molecule has 0 bridgehead atoms. The van der Waals surface area contributed by atoms with E-state index in [9.17, 15) is 9.18 Å². The van der Waals surface area contributed by atoms with Crippen LogP contribution in [0.1, 0.15) is 22.3 Å². The van der Waals surface area contributed by atoms with E-state index < -0.39 is 12.1 Å². The smallest absolute Gasteiger partial charge is 0.251 e. The minimum atomic E-state index is -0.931. The fourth-order valence-electron chi connectivity index (χ4n) is 4.47. The molecule has 0 radical (unpaired) electrons. The summed E-state index contributed by atoms with van der Waals surface area (Å²) in [5, 5.41) is 6.34. The molecule has 0 aliphatic carbocycles. The van der Waals surface area contributed by atoms with Gasteiger partial charge in [-0.15, -0.1) is 0 Å². The van der Waals surface area contributed by atoms with Crippen molar-refractivity contribution in [2.45, 2.75) is 25.2 Å². The van der Waals surface area contributed by atoms with Crippen LogP contribution in [0.3, 0.4) is 0 Å². The molecule has 9 nitrogen and oxygen atoms in total. The maximum absolute atomic E-state index is 13.9. The molecule has 1 amide bonds. The number of amides is 1. The van der Waals surface area contributed by atoms with Gasteiger partial charge in [-0.1, -0.05) is 24.3 Å². The number of carbonyl (C=O) groups is 1. The second-order valence-electron chi connectivity index (χ2n) is 8.76. The van der Waals surface area contributed by atoms with Crippen LogP contribution in [0.2, 0.25) is 0 Å². The predicted molar refractivity (Wildman–Crippen MR) is 127 cm³/mol. The summed E-state index contributed by atoms with van der Waals surface area (Å²) in [6, 6.07) is 9.63. The molecule has 2 atom stereocenters. The molecule has 2 saturated heterocycles. The summed E-state index contributed by atoms with van der Waals surface area (Å²) < 4.78 is 19.3. The zero-order valence-electron chi connectivity index (χ0n) is 18.8. The zero-order chi connectivity index (χ0) is 23.5. The molecule has 0 spiro atoms. The molecule has 2 aromatic heterocycles. The van der Waals surface area contributed by atoms with Gasteiger partial charge in [-0.25, -0.2) is 19.3 Å². The lowest BCUT2D eigenvalue weighted by Crippen LogP contribution is -2.44. The molecule has 0 saturated carbocycles. The number of morpholine rings is 1. The highest BCUT2D eigenvalue weighted by Crippen LogP contribution is 2.28. The van der Waals surface area contributed by atoms with Gasteiger partial charge in [0.05, 0.1) is 24.5 Å². The number of rotatable bonds is 6. The Morgan fingerprint density at radius 3 is 2.71 bits per heavy atom. The molecular formula is C24H28FN7O2. The van der Waals surface area contributed by atoms with Gasteiger partial charge in [0.15, 0.2) is 5.82 Å². The predicted octanol–water partition coefficient (Wildman–Crippen LogP) is 1.73. The largest absolute Gasteiger partial charge is 0.379 e. The molecular weight excluding hydrogens is 437 g/mol. The van der Waals surface area contributed by atoms with Crippen molar-refractivity contribution in [2.75, 3.05) is 44.7 Å². The minimum Gasteiger partial charge on any atom is -0.379 e. The van der Waals surface area contributed by atoms with Crippen molar-refractivity contribution in [2.24, 2.45) is 5.73 Å². The molecule has 5 rings (SSSR count). The van der Waals surface area contributed by atoms with Crippen LogP contribution in [0.5, 0.6) is 0 Å². The van der Waals surface area contributed by atoms with E-state index in [1.165, 1.54) is 11.9 Å². The average Bonchev–Trinajstić information content (AvgIpc) is 2.85. The first-order valence-electron chi connectivity index (χ1n) is 11.5. The molecule has 1 aromatic carbocycles. The number of primary amides is 1. The third kappa shape index (κ3) is 4.98. The highest BCUT2D eigenvalue weighted by atomic mass is 19.1. The standard InChI is InChI=1S/C24H28FN7O2/c25-17-9-18(12-27-11-17)30-24-22-21(28-14-29-24)19(23(26)33)10-20(31-22)16-3-1-15(2-4-16)13-32-5-7-34-8-6-32/h1-4,10,14,17-18,27H,5-9,11-13H2,(H2,26,33)(H,28,29,30)/t17-,18+/m0/s1. The molecule has 34 heavy (non-hydrogen) atoms. The lowest BCUT2D eigenvalue weighted by molar-refractivity contribution is 0.0342. The van der Waals surface area contributed by atoms with Crippen LogP contribution in [0.15, 0.2) is 36.7 Å². The van der Waals surface area contributed by atoms with E-state index in [-0.39, 0.29) is 11.6 Å². The summed E-state index contributed by atoms with van der Waals surface area (Å²) in [6.45, 7) is 5.18. The molecule has 4 N–H and O–H groups in total. The Morgan fingerprint density at radius 1 is 1.18 bits per heavy atom. The number of nitrogens with one attached hydrogen (secondary N) is 2. The number of piperidine rings is 1. The highest BCUT2D eigenvalue weighted by molar-refractivity contribution is 6.06. The van der Waals surface area contributed by atoms with Crippen molar-refractivity contribution in [3.63, 3.8) is 0 Å². The molecule has 2 fully saturated rings. The van der Waals surface area contributed by atoms with Gasteiger partial charge in [0.1, 0.15) is 23.5 Å². The van der Waals surface area contributed by atoms with Gasteiger partial charge in [-0.2, -0.15) is 0 Å². The molecule has 2 aliphatic rings. The molecule has 10 heteroatoms. The van der Waals surface area contributed by atoms with Crippen LogP contribution in [0.25, 0.3) is 22.3 Å². The van der Waals surface area contributed by atoms with Crippen molar-refractivity contribution in [1.29, 1.82) is 0 Å². The van der Waals surface area contributed by atoms with Crippen LogP contribution in [-0.2, 0) is 11.3 Å². The monoisotopic (exact) mass is 465 g/mol. The lowest BCUT2D eigenvalue weighted by Gasteiger charge is -2.27. The average molecular weight is 466 g/mol. The van der Waals surface area contributed by atoms with Gasteiger partial charge in [0.25, 0.3) is 5.91 Å². The quantitative estimate of drug-likeness (QED) is 0.504. The zero-order valence-corrected chi connectivity index (χ0v) is 18.8. The normalized spacial score (nSPS) is 21.4. The van der Waals surface area contributed by atoms with Crippen molar-refractivity contribution in [3.8, 4) is 11.3 Å². The van der Waals surface area contributed by atoms with Gasteiger partial charge >= 0.3 is 0 Å². The number of halogens is 1. The Balaban J connectivity index is 1.46. The van der Waals surface area contributed by atoms with E-state index in [1.54, 1.807) is 6.07 Å². The highest BCUT2D eigenvalue weighted by Gasteiger charge is 2.23. The van der Waals surface area contributed by atoms with Crippen LogP contribution in [-0.4, -0.2) is 77.4 Å². The van der Waals surface area contributed by atoms with Crippen molar-refractivity contribution in [1.82, 2.24) is 25.2 Å². The number of aromatic nitrogens is 3. The van der Waals surface area contributed by atoms with Gasteiger partial charge in [0.2, 0.25) is 0 Å². The third-order valence-corrected chi connectivity index (χ3v) is 6.25. The Morgan fingerprint density at radius 2 is 1.97 bits per heavy atom. The van der Waals surface area contributed by atoms with E-state index in [1.807, 2.05) is 12.1 Å². The van der Waals surface area contributed by atoms with Gasteiger partial charge in [0, 0.05) is 50.7 Å². The summed E-state index contributed by atoms with van der Waals surface area (Å²) >= 11 is 0. The minimum absolute atomic E-state index is 0.149. The summed E-state index contributed by atoms with van der Waals surface area (Å²) in [5.74, 6) is -0.135. The Kier molecular flexibility index (Phi) is 6.61. The number of hydrogen-bond acceptors (Lipinski definition) is 8. The third-order valence-electron chi connectivity index (χ3n) is 6.25. The molecule has 4 heterocycles. The molecule has 178 valence electrons. The fourth-order valence-corrected chi connectivity index (χ4v) is 4.47. The van der Waals surface area contributed by atoms with Crippen LogP contribution >= 0.6 is 0 Å². The number of pyridine rings is 1. The number of ether oxygens (including phenoxy) is 1. The van der Waals surface area contributed by atoms with Crippen LogP contribution < -0.4 is 16.4 Å². The summed E-state index contributed by atoms with van der Waals surface area (Å²) in [4.78, 5) is 28.0. The number of fused-ring (bicyclic) bond motifs is 1. The number of nitrogens with zero attached hydrogens (tertiary/aromatic N) is 4. The first-order chi connectivity index (χ1) is 16.6. The number of alkyl halides is 1. The fraction of sp³-hybridized carbons (Fsp3) is 0.417. The number of anilines is 1. The van der Waals surface area contributed by atoms with Crippen LogP contribution in [0, 0.1) is 0 Å². The number of benzene rings is 1. The Labute approximate surface area is 196 Å². The summed E-state index contributed by atoms with van der Waals surface area (Å²) in [7, 11) is 0. The summed E-state index contributed by atoms with van der Waals surface area (Å²) in [5.41, 5.74) is 9.41. The van der Waals surface area contributed by atoms with Gasteiger partial charge < -0.3 is 21.1 Å². The van der Waals surface area contributed by atoms with E-state index in [4.69, 9.17) is 15.5 Å². The topological polar surface area (TPSA) is 118 Å². The molecule has 0 unspecified atom stereocenters. The number of nitrogens with two attached hydrogens (primary N) is 1. The number of hydrogen-bond donors (Lipinski definition) is 3. The first kappa shape index (κ1) is 22.6. The van der Waals surface area contributed by atoms with E-state index in [0.717, 1.165) is 38.4 Å². The maximum atomic E-state index is 13.9. The van der Waals surface area contributed by atoms with E-state index in [0.29, 0.717) is 42.1 Å². The Bertz CT molecular complexity index is 1170. The Hall–Kier alpha value is -3.21. The van der Waals surface area contributed by atoms with E-state index >= 15 is 0 Å². The van der Waals surface area contributed by atoms with Gasteiger partial charge in [-0.3, -0.25) is 9.69 Å². The summed E-state index contributed by atoms with van der Waals surface area (Å²) in [6.07, 6.45) is 0.799. The first-order valence-corrected chi connectivity index (χ1v) is 11.5. The second kappa shape index (κ2) is 9.96. The second-order valence-corrected chi connectivity index (χ2v) is 8.76. The van der Waals surface area contributed by atoms with Crippen molar-refractivity contribution >= 4 is 22.8 Å². The number of carbonyl (C=O) groups excluding carboxylic acids is 1. The van der Waals surface area contributed by atoms with Crippen molar-refractivity contribution in [3.05, 3.63) is 47.8 Å². The van der Waals surface area contributed by atoms with Crippen molar-refractivity contribution < 1.29 is 13.9 Å². The lowest BCUT2D eigenvalue weighted by atomic mass is 10.0. The maximum Gasteiger partial charge on any atom is 0.251 e.